The molecule has 1 saturated carbocycles. The van der Waals surface area contributed by atoms with Crippen LogP contribution in [-0.4, -0.2) is 33.4 Å². The van der Waals surface area contributed by atoms with Crippen LogP contribution in [-0.2, 0) is 23.1 Å². The Morgan fingerprint density at radius 1 is 1.11 bits per heavy atom. The van der Waals surface area contributed by atoms with E-state index >= 15 is 0 Å². The lowest BCUT2D eigenvalue weighted by atomic mass is 9.81. The fourth-order valence-electron chi connectivity index (χ4n) is 4.74. The number of benzene rings is 1. The van der Waals surface area contributed by atoms with Gasteiger partial charge in [-0.2, -0.15) is 18.3 Å². The second kappa shape index (κ2) is 9.84. The highest BCUT2D eigenvalue weighted by molar-refractivity contribution is 7.92. The molecular formula is C25H30F3N5O2S. The van der Waals surface area contributed by atoms with Crippen molar-refractivity contribution in [2.75, 3.05) is 5.32 Å². The molecule has 36 heavy (non-hydrogen) atoms. The topological polar surface area (TPSA) is 89.8 Å². The molecule has 4 rings (SSSR count). The Hall–Kier alpha value is -2.95. The summed E-state index contributed by atoms with van der Waals surface area (Å²) in [4.78, 5) is 8.22. The summed E-state index contributed by atoms with van der Waals surface area (Å²) in [7, 11) is -1.88. The van der Waals surface area contributed by atoms with Gasteiger partial charge in [0.25, 0.3) is 0 Å². The smallest absolute Gasteiger partial charge is 0.324 e. The van der Waals surface area contributed by atoms with Crippen molar-refractivity contribution in [3.63, 3.8) is 0 Å². The molecule has 194 valence electrons. The number of alkyl halides is 3. The van der Waals surface area contributed by atoms with Crippen LogP contribution in [0.25, 0.3) is 11.3 Å². The maximum absolute atomic E-state index is 13.5. The molecule has 1 aromatic carbocycles. The van der Waals surface area contributed by atoms with E-state index in [1.807, 2.05) is 0 Å². The normalized spacial score (nSPS) is 19.0. The van der Waals surface area contributed by atoms with Gasteiger partial charge in [0, 0.05) is 30.7 Å². The molecule has 11 heteroatoms. The first-order valence-corrected chi connectivity index (χ1v) is 13.5. The van der Waals surface area contributed by atoms with Crippen molar-refractivity contribution in [2.45, 2.75) is 62.8 Å². The second-order valence-corrected chi connectivity index (χ2v) is 12.0. The number of hydrogen-bond acceptors (Lipinski definition) is 6. The average Bonchev–Trinajstić information content (AvgIpc) is 3.26. The van der Waals surface area contributed by atoms with Gasteiger partial charge in [0.1, 0.15) is 5.56 Å². The molecule has 3 aromatic rings. The number of sulfone groups is 1. The van der Waals surface area contributed by atoms with Gasteiger partial charge in [-0.3, -0.25) is 4.68 Å². The summed E-state index contributed by atoms with van der Waals surface area (Å²) >= 11 is 0. The SMILES string of the molecule is Cc1cc(S(=O)(=O)C2CCC(C(C)C)CC2)ccc1Nc1ncc(C(F)(F)F)c(-c2cnn(C)c2)n1. The zero-order valence-electron chi connectivity index (χ0n) is 20.7. The lowest BCUT2D eigenvalue weighted by Gasteiger charge is -2.30. The summed E-state index contributed by atoms with van der Waals surface area (Å²) in [6, 6.07) is 4.73. The van der Waals surface area contributed by atoms with Gasteiger partial charge in [-0.1, -0.05) is 13.8 Å². The van der Waals surface area contributed by atoms with E-state index < -0.39 is 26.8 Å². The lowest BCUT2D eigenvalue weighted by Crippen LogP contribution is -2.29. The fourth-order valence-corrected chi connectivity index (χ4v) is 6.62. The van der Waals surface area contributed by atoms with E-state index in [2.05, 4.69) is 34.2 Å². The van der Waals surface area contributed by atoms with Crippen molar-refractivity contribution >= 4 is 21.5 Å². The Morgan fingerprint density at radius 3 is 2.36 bits per heavy atom. The fraction of sp³-hybridized carbons (Fsp3) is 0.480. The van der Waals surface area contributed by atoms with E-state index in [1.165, 1.54) is 23.1 Å². The van der Waals surface area contributed by atoms with Crippen LogP contribution in [0, 0.1) is 18.8 Å². The Labute approximate surface area is 209 Å². The third-order valence-corrected chi connectivity index (χ3v) is 9.21. The van der Waals surface area contributed by atoms with Crippen molar-refractivity contribution in [1.29, 1.82) is 0 Å². The number of anilines is 2. The molecule has 0 spiro atoms. The highest BCUT2D eigenvalue weighted by Gasteiger charge is 2.36. The van der Waals surface area contributed by atoms with Crippen LogP contribution in [0.15, 0.2) is 41.7 Å². The molecule has 7 nitrogen and oxygen atoms in total. The highest BCUT2D eigenvalue weighted by Crippen LogP contribution is 2.37. The number of nitrogens with zero attached hydrogens (tertiary/aromatic N) is 4. The molecule has 1 N–H and O–H groups in total. The molecule has 0 bridgehead atoms. The Kier molecular flexibility index (Phi) is 7.14. The molecule has 0 amide bonds. The van der Waals surface area contributed by atoms with Crippen LogP contribution in [0.5, 0.6) is 0 Å². The lowest BCUT2D eigenvalue weighted by molar-refractivity contribution is -0.137. The van der Waals surface area contributed by atoms with Crippen molar-refractivity contribution in [3.05, 3.63) is 47.9 Å². The number of hydrogen-bond donors (Lipinski definition) is 1. The van der Waals surface area contributed by atoms with Crippen LogP contribution in [0.1, 0.15) is 50.7 Å². The number of nitrogens with one attached hydrogen (secondary N) is 1. The summed E-state index contributed by atoms with van der Waals surface area (Å²) < 4.78 is 68.6. The Morgan fingerprint density at radius 2 is 1.81 bits per heavy atom. The molecule has 0 aliphatic heterocycles. The van der Waals surface area contributed by atoms with Crippen molar-refractivity contribution in [1.82, 2.24) is 19.7 Å². The summed E-state index contributed by atoms with van der Waals surface area (Å²) in [5, 5.41) is 6.47. The molecule has 2 heterocycles. The Balaban J connectivity index is 1.58. The molecule has 2 aromatic heterocycles. The van der Waals surface area contributed by atoms with Gasteiger partial charge in [-0.15, -0.1) is 0 Å². The maximum Gasteiger partial charge on any atom is 0.419 e. The van der Waals surface area contributed by atoms with E-state index in [0.29, 0.717) is 35.9 Å². The zero-order valence-corrected chi connectivity index (χ0v) is 21.5. The van der Waals surface area contributed by atoms with Crippen LogP contribution in [0.3, 0.4) is 0 Å². The predicted molar refractivity (Wildman–Crippen MR) is 131 cm³/mol. The predicted octanol–water partition coefficient (Wildman–Crippen LogP) is 5.94. The third kappa shape index (κ3) is 5.40. The number of aryl methyl sites for hydroxylation is 2. The molecule has 0 unspecified atom stereocenters. The minimum absolute atomic E-state index is 0.0347. The molecule has 0 saturated heterocycles. The van der Waals surface area contributed by atoms with E-state index in [1.54, 1.807) is 26.1 Å². The molecular weight excluding hydrogens is 491 g/mol. The van der Waals surface area contributed by atoms with Gasteiger partial charge in [-0.25, -0.2) is 18.4 Å². The largest absolute Gasteiger partial charge is 0.419 e. The van der Waals surface area contributed by atoms with Gasteiger partial charge >= 0.3 is 6.18 Å². The quantitative estimate of drug-likeness (QED) is 0.432. The van der Waals surface area contributed by atoms with Gasteiger partial charge < -0.3 is 5.32 Å². The number of halogens is 3. The van der Waals surface area contributed by atoms with Crippen LogP contribution >= 0.6 is 0 Å². The summed E-state index contributed by atoms with van der Waals surface area (Å²) in [6.45, 7) is 6.09. The van der Waals surface area contributed by atoms with Crippen molar-refractivity contribution < 1.29 is 21.6 Å². The summed E-state index contributed by atoms with van der Waals surface area (Å²) in [6.07, 6.45) is 1.97. The Bertz CT molecular complexity index is 1340. The summed E-state index contributed by atoms with van der Waals surface area (Å²) in [5.74, 6) is 1.07. The van der Waals surface area contributed by atoms with Crippen molar-refractivity contribution in [3.8, 4) is 11.3 Å². The van der Waals surface area contributed by atoms with E-state index in [9.17, 15) is 21.6 Å². The van der Waals surface area contributed by atoms with Gasteiger partial charge in [0.2, 0.25) is 5.95 Å². The minimum atomic E-state index is -4.63. The summed E-state index contributed by atoms with van der Waals surface area (Å²) in [5.41, 5.74) is 0.0849. The third-order valence-electron chi connectivity index (χ3n) is 6.95. The molecule has 0 atom stereocenters. The van der Waals surface area contributed by atoms with Gasteiger partial charge in [0.05, 0.1) is 22.0 Å². The highest BCUT2D eigenvalue weighted by atomic mass is 32.2. The minimum Gasteiger partial charge on any atom is -0.324 e. The van der Waals surface area contributed by atoms with E-state index in [-0.39, 0.29) is 22.1 Å². The first-order valence-electron chi connectivity index (χ1n) is 11.9. The second-order valence-electron chi connectivity index (χ2n) is 9.78. The molecule has 1 fully saturated rings. The molecule has 0 radical (unpaired) electrons. The van der Waals surface area contributed by atoms with Gasteiger partial charge in [0.15, 0.2) is 9.84 Å². The van der Waals surface area contributed by atoms with E-state index in [0.717, 1.165) is 19.0 Å². The van der Waals surface area contributed by atoms with Gasteiger partial charge in [-0.05, 0) is 68.2 Å². The standard InChI is InChI=1S/C25H30F3N5O2S/c1-15(2)17-5-7-19(8-6-17)36(34,35)20-9-10-22(16(3)11-20)31-24-29-13-21(25(26,27)28)23(32-24)18-12-30-33(4)14-18/h9-15,17,19H,5-8H2,1-4H3,(H,29,31,32). The maximum atomic E-state index is 13.5. The van der Waals surface area contributed by atoms with E-state index in [4.69, 9.17) is 0 Å². The molecule has 1 aliphatic carbocycles. The monoisotopic (exact) mass is 521 g/mol. The average molecular weight is 522 g/mol. The zero-order chi connectivity index (χ0) is 26.3. The van der Waals surface area contributed by atoms with Crippen LogP contribution in [0.4, 0.5) is 24.8 Å². The molecule has 1 aliphatic rings. The number of aromatic nitrogens is 4. The first kappa shape index (κ1) is 26.1. The number of rotatable bonds is 6. The van der Waals surface area contributed by atoms with Crippen LogP contribution in [0.2, 0.25) is 0 Å². The van der Waals surface area contributed by atoms with Crippen molar-refractivity contribution in [2.24, 2.45) is 18.9 Å². The van der Waals surface area contributed by atoms with Crippen LogP contribution < -0.4 is 5.32 Å². The first-order chi connectivity index (χ1) is 16.9.